The van der Waals surface area contributed by atoms with Crippen LogP contribution in [0.2, 0.25) is 0 Å². The molecule has 0 bridgehead atoms. The lowest BCUT2D eigenvalue weighted by atomic mass is 9.68. The van der Waals surface area contributed by atoms with Gasteiger partial charge in [-0.1, -0.05) is 212 Å². The van der Waals surface area contributed by atoms with Gasteiger partial charge in [0.05, 0.1) is 5.41 Å². The average Bonchev–Trinajstić information content (AvgIpc) is 4.16. The maximum Gasteiger partial charge on any atom is 0.143 e. The van der Waals surface area contributed by atoms with Gasteiger partial charge in [-0.15, -0.1) is 0 Å². The Morgan fingerprint density at radius 3 is 1.26 bits per heavy atom. The second-order valence-corrected chi connectivity index (χ2v) is 18.9. The van der Waals surface area contributed by atoms with Crippen molar-refractivity contribution < 1.29 is 8.83 Å². The molecule has 2 nitrogen and oxygen atoms in total. The first kappa shape index (κ1) is 37.1. The first-order chi connectivity index (χ1) is 34.3. The average molecular weight is 875 g/mol. The molecule has 2 aliphatic rings. The molecular weight excluding hydrogens is 837 g/mol. The molecule has 1 spiro atoms. The number of para-hydroxylation sites is 4. The van der Waals surface area contributed by atoms with Crippen LogP contribution in [0.3, 0.4) is 0 Å². The molecule has 16 rings (SSSR count). The highest BCUT2D eigenvalue weighted by molar-refractivity contribution is 6.23. The molecule has 69 heavy (non-hydrogen) atoms. The number of rotatable bonds is 3. The van der Waals surface area contributed by atoms with Gasteiger partial charge in [0.15, 0.2) is 0 Å². The van der Waals surface area contributed by atoms with Gasteiger partial charge in [0.25, 0.3) is 0 Å². The van der Waals surface area contributed by atoms with Crippen molar-refractivity contribution in [1.82, 2.24) is 0 Å². The Balaban J connectivity index is 1.09. The van der Waals surface area contributed by atoms with E-state index < -0.39 is 5.41 Å². The third-order valence-electron chi connectivity index (χ3n) is 15.7. The Kier molecular flexibility index (Phi) is 7.30. The summed E-state index contributed by atoms with van der Waals surface area (Å²) in [4.78, 5) is 0. The van der Waals surface area contributed by atoms with Crippen LogP contribution in [-0.4, -0.2) is 0 Å². The van der Waals surface area contributed by atoms with Gasteiger partial charge in [0.2, 0.25) is 0 Å². The molecule has 318 valence electrons. The standard InChI is InChI=1S/C67H38O2/c1-2-17-40-39(16-1)36-37-59-63(40)54-31-15-30-53(64(54)67(59)57-32-7-3-18-43(57)44-19-4-8-33-58(44)67)62-47-24-11-22-41(49-26-13-28-51-45-20-5-9-34-60(45)68-65(49)51)55(47)38-56-42(23-12-25-48(56)62)50-27-14-29-52-46-21-6-10-35-61(46)69-66(50)52/h1-38H. The first-order valence-electron chi connectivity index (χ1n) is 23.9. The van der Waals surface area contributed by atoms with E-state index in [-0.39, 0.29) is 0 Å². The van der Waals surface area contributed by atoms with Crippen LogP contribution in [0.15, 0.2) is 239 Å². The lowest BCUT2D eigenvalue weighted by Gasteiger charge is -2.33. The number of furan rings is 2. The maximum absolute atomic E-state index is 6.81. The largest absolute Gasteiger partial charge is 0.455 e. The van der Waals surface area contributed by atoms with E-state index in [1.54, 1.807) is 0 Å². The molecule has 0 N–H and O–H groups in total. The van der Waals surface area contributed by atoms with Gasteiger partial charge in [0.1, 0.15) is 22.3 Å². The quantitative estimate of drug-likeness (QED) is 0.165. The second kappa shape index (κ2) is 13.6. The fourth-order valence-corrected chi connectivity index (χ4v) is 13.0. The van der Waals surface area contributed by atoms with E-state index in [0.717, 1.165) is 76.9 Å². The van der Waals surface area contributed by atoms with E-state index in [9.17, 15) is 0 Å². The first-order valence-corrected chi connectivity index (χ1v) is 23.9. The van der Waals surface area contributed by atoms with Crippen LogP contribution < -0.4 is 0 Å². The molecule has 0 amide bonds. The molecule has 2 aromatic heterocycles. The Morgan fingerprint density at radius 1 is 0.246 bits per heavy atom. The minimum absolute atomic E-state index is 0.581. The van der Waals surface area contributed by atoms with E-state index in [4.69, 9.17) is 8.83 Å². The molecule has 2 aliphatic carbocycles. The normalized spacial score (nSPS) is 13.3. The van der Waals surface area contributed by atoms with Crippen molar-refractivity contribution in [2.45, 2.75) is 5.41 Å². The highest BCUT2D eigenvalue weighted by atomic mass is 16.3. The fourth-order valence-electron chi connectivity index (χ4n) is 13.0. The Morgan fingerprint density at radius 2 is 0.667 bits per heavy atom. The molecule has 0 saturated heterocycles. The molecule has 12 aromatic carbocycles. The number of fused-ring (bicyclic) bond motifs is 20. The van der Waals surface area contributed by atoms with Crippen LogP contribution in [0.5, 0.6) is 0 Å². The summed E-state index contributed by atoms with van der Waals surface area (Å²) in [6.45, 7) is 0. The zero-order valence-electron chi connectivity index (χ0n) is 37.3. The summed E-state index contributed by atoms with van der Waals surface area (Å²) in [5, 5.41) is 11.7. The van der Waals surface area contributed by atoms with Crippen molar-refractivity contribution in [3.05, 3.63) is 253 Å². The van der Waals surface area contributed by atoms with Crippen LogP contribution in [-0.2, 0) is 5.41 Å². The Labute approximate surface area is 396 Å². The molecule has 2 heterocycles. The molecular formula is C67H38O2. The molecule has 0 atom stereocenters. The van der Waals surface area contributed by atoms with E-state index >= 15 is 0 Å². The van der Waals surface area contributed by atoms with Gasteiger partial charge >= 0.3 is 0 Å². The van der Waals surface area contributed by atoms with E-state index in [1.165, 1.54) is 77.2 Å². The minimum atomic E-state index is -0.581. The van der Waals surface area contributed by atoms with Crippen LogP contribution in [0.1, 0.15) is 22.3 Å². The van der Waals surface area contributed by atoms with Crippen molar-refractivity contribution in [2.75, 3.05) is 0 Å². The molecule has 0 aliphatic heterocycles. The summed E-state index contributed by atoms with van der Waals surface area (Å²) in [6, 6.07) is 85.3. The van der Waals surface area contributed by atoms with Crippen LogP contribution in [0, 0.1) is 0 Å². The zero-order chi connectivity index (χ0) is 45.0. The Bertz CT molecular complexity index is 4340. The zero-order valence-corrected chi connectivity index (χ0v) is 37.3. The molecule has 0 unspecified atom stereocenters. The summed E-state index contributed by atoms with van der Waals surface area (Å²) in [5.74, 6) is 0. The molecule has 0 fully saturated rings. The third-order valence-corrected chi connectivity index (χ3v) is 15.7. The van der Waals surface area contributed by atoms with Crippen LogP contribution >= 0.6 is 0 Å². The lowest BCUT2D eigenvalue weighted by Crippen LogP contribution is -2.26. The second-order valence-electron chi connectivity index (χ2n) is 18.9. The van der Waals surface area contributed by atoms with Crippen molar-refractivity contribution in [3.8, 4) is 55.6 Å². The summed E-state index contributed by atoms with van der Waals surface area (Å²) in [7, 11) is 0. The molecule has 2 heteroatoms. The number of benzene rings is 12. The number of hydrogen-bond acceptors (Lipinski definition) is 2. The van der Waals surface area contributed by atoms with Gasteiger partial charge in [-0.05, 0) is 117 Å². The van der Waals surface area contributed by atoms with Crippen molar-refractivity contribution in [2.24, 2.45) is 0 Å². The van der Waals surface area contributed by atoms with Crippen molar-refractivity contribution >= 4 is 76.2 Å². The summed E-state index contributed by atoms with van der Waals surface area (Å²) < 4.78 is 13.6. The summed E-state index contributed by atoms with van der Waals surface area (Å²) in [6.07, 6.45) is 0. The minimum Gasteiger partial charge on any atom is -0.455 e. The van der Waals surface area contributed by atoms with Gasteiger partial charge in [-0.25, -0.2) is 0 Å². The highest BCUT2D eigenvalue weighted by Gasteiger charge is 2.53. The van der Waals surface area contributed by atoms with Crippen LogP contribution in [0.4, 0.5) is 0 Å². The summed E-state index contributed by atoms with van der Waals surface area (Å²) >= 11 is 0. The Hall–Kier alpha value is -8.98. The van der Waals surface area contributed by atoms with E-state index in [1.807, 2.05) is 0 Å². The topological polar surface area (TPSA) is 26.3 Å². The SMILES string of the molecule is c1ccc2c(c1)-c1ccccc1C21c2ccc3ccccc3c2-c2cccc(-c3c4cccc(-c5cccc6c5oc5ccccc56)c4cc4c(-c5cccc6c5oc5ccccc56)cccc34)c21. The predicted molar refractivity (Wildman–Crippen MR) is 286 cm³/mol. The molecule has 0 radical (unpaired) electrons. The van der Waals surface area contributed by atoms with E-state index in [2.05, 4.69) is 231 Å². The van der Waals surface area contributed by atoms with Gasteiger partial charge in [-0.3, -0.25) is 0 Å². The molecule has 14 aromatic rings. The number of hydrogen-bond donors (Lipinski definition) is 0. The molecule has 0 saturated carbocycles. The highest BCUT2D eigenvalue weighted by Crippen LogP contribution is 2.66. The smallest absolute Gasteiger partial charge is 0.143 e. The van der Waals surface area contributed by atoms with Crippen LogP contribution in [0.25, 0.3) is 132 Å². The van der Waals surface area contributed by atoms with Gasteiger partial charge in [-0.2, -0.15) is 0 Å². The predicted octanol–water partition coefficient (Wildman–Crippen LogP) is 18.3. The van der Waals surface area contributed by atoms with Crippen molar-refractivity contribution in [3.63, 3.8) is 0 Å². The fraction of sp³-hybridized carbons (Fsp3) is 0.0149. The van der Waals surface area contributed by atoms with E-state index in [0.29, 0.717) is 0 Å². The monoisotopic (exact) mass is 874 g/mol. The van der Waals surface area contributed by atoms with Gasteiger partial charge in [0, 0.05) is 32.7 Å². The third kappa shape index (κ3) is 4.75. The van der Waals surface area contributed by atoms with Crippen molar-refractivity contribution in [1.29, 1.82) is 0 Å². The summed E-state index contributed by atoms with van der Waals surface area (Å²) in [5.41, 5.74) is 20.3. The lowest BCUT2D eigenvalue weighted by molar-refractivity contribution is 0.669. The van der Waals surface area contributed by atoms with Gasteiger partial charge < -0.3 is 8.83 Å². The maximum atomic E-state index is 6.81.